The number of aliphatic hydroxyl groups is 6. The minimum absolute atomic E-state index is 0.923. The van der Waals surface area contributed by atoms with Crippen LogP contribution in [0.2, 0.25) is 0 Å². The number of hydrogen-bond acceptors (Lipinski definition) is 9. The molecule has 0 aliphatic rings. The third-order valence-corrected chi connectivity index (χ3v) is 2.45. The van der Waals surface area contributed by atoms with Crippen molar-refractivity contribution in [3.05, 3.63) is 0 Å². The van der Waals surface area contributed by atoms with Crippen LogP contribution in [0.5, 0.6) is 0 Å². The summed E-state index contributed by atoms with van der Waals surface area (Å²) in [4.78, 5) is 23.1. The Balaban J connectivity index is 4.80. The van der Waals surface area contributed by atoms with Crippen LogP contribution < -0.4 is 0 Å². The quantitative estimate of drug-likeness (QED) is 0.208. The van der Waals surface area contributed by atoms with Gasteiger partial charge in [-0.1, -0.05) is 0 Å². The number of ketones is 1. The molecule has 0 bridgehead atoms. The Hall–Kier alpha value is -1.10. The summed E-state index contributed by atoms with van der Waals surface area (Å²) in [5.41, 5.74) is -0.978. The number of ether oxygens (including phenoxy) is 1. The molecular weight excluding hydrogens is 288 g/mol. The normalized spacial score (nSPS) is 19.3. The van der Waals surface area contributed by atoms with Gasteiger partial charge in [0.15, 0.2) is 0 Å². The molecule has 9 nitrogen and oxygen atoms in total. The maximum atomic E-state index is 11.6. The SMILES string of the molecule is CC(C)(C)OC(=O)C(O)C(=O)[C@@H](O)[C@H](O)[C@H](O)[C@H](O)CO. The molecule has 9 heteroatoms. The number of carbonyl (C=O) groups is 2. The highest BCUT2D eigenvalue weighted by molar-refractivity contribution is 6.04. The smallest absolute Gasteiger partial charge is 0.343 e. The topological polar surface area (TPSA) is 165 Å². The van der Waals surface area contributed by atoms with E-state index in [4.69, 9.17) is 14.9 Å². The lowest BCUT2D eigenvalue weighted by Gasteiger charge is -2.26. The first-order valence-electron chi connectivity index (χ1n) is 6.20. The van der Waals surface area contributed by atoms with Crippen LogP contribution in [0.3, 0.4) is 0 Å². The average Bonchev–Trinajstić information content (AvgIpc) is 2.40. The molecule has 0 aliphatic carbocycles. The van der Waals surface area contributed by atoms with Gasteiger partial charge in [-0.2, -0.15) is 0 Å². The van der Waals surface area contributed by atoms with Crippen LogP contribution in [-0.2, 0) is 14.3 Å². The predicted molar refractivity (Wildman–Crippen MR) is 68.0 cm³/mol. The van der Waals surface area contributed by atoms with E-state index in [0.29, 0.717) is 0 Å². The minimum Gasteiger partial charge on any atom is -0.458 e. The number of esters is 1. The summed E-state index contributed by atoms with van der Waals surface area (Å²) in [6.07, 6.45) is -10.7. The summed E-state index contributed by atoms with van der Waals surface area (Å²) < 4.78 is 4.73. The Morgan fingerprint density at radius 2 is 1.48 bits per heavy atom. The molecule has 0 aromatic rings. The summed E-state index contributed by atoms with van der Waals surface area (Å²) in [7, 11) is 0. The fraction of sp³-hybridized carbons (Fsp3) is 0.833. The average molecular weight is 310 g/mol. The van der Waals surface area contributed by atoms with Crippen molar-refractivity contribution in [1.82, 2.24) is 0 Å². The Kier molecular flexibility index (Phi) is 7.37. The molecule has 0 saturated carbocycles. The minimum atomic E-state index is -2.35. The van der Waals surface area contributed by atoms with Crippen molar-refractivity contribution in [3.8, 4) is 0 Å². The molecule has 0 saturated heterocycles. The largest absolute Gasteiger partial charge is 0.458 e. The standard InChI is InChI=1S/C12H22O9/c1-12(2,3)21-11(20)10(19)9(18)8(17)7(16)6(15)5(14)4-13/h5-8,10,13-17,19H,4H2,1-3H3/t5-,6-,7-,8+,10?/m1/s1. The monoisotopic (exact) mass is 310 g/mol. The lowest BCUT2D eigenvalue weighted by atomic mass is 9.98. The van der Waals surface area contributed by atoms with Crippen molar-refractivity contribution in [2.24, 2.45) is 0 Å². The lowest BCUT2D eigenvalue weighted by molar-refractivity contribution is -0.174. The van der Waals surface area contributed by atoms with Crippen LogP contribution in [-0.4, -0.2) is 85.1 Å². The molecule has 5 atom stereocenters. The molecule has 0 fully saturated rings. The van der Waals surface area contributed by atoms with Crippen molar-refractivity contribution < 1.29 is 45.0 Å². The van der Waals surface area contributed by atoms with Gasteiger partial charge in [0.1, 0.15) is 30.0 Å². The molecule has 0 heterocycles. The highest BCUT2D eigenvalue weighted by Gasteiger charge is 2.40. The fourth-order valence-electron chi connectivity index (χ4n) is 1.33. The number of aliphatic hydroxyl groups excluding tert-OH is 6. The molecule has 1 unspecified atom stereocenters. The number of rotatable bonds is 7. The van der Waals surface area contributed by atoms with Gasteiger partial charge in [-0.3, -0.25) is 4.79 Å². The van der Waals surface area contributed by atoms with Gasteiger partial charge in [0, 0.05) is 0 Å². The van der Waals surface area contributed by atoms with E-state index < -0.39 is 54.5 Å². The first-order chi connectivity index (χ1) is 9.42. The van der Waals surface area contributed by atoms with Gasteiger partial charge < -0.3 is 35.4 Å². The number of Topliss-reactive ketones (excluding diaryl/α,β-unsaturated/α-hetero) is 1. The molecule has 0 aliphatic heterocycles. The van der Waals surface area contributed by atoms with Gasteiger partial charge in [-0.25, -0.2) is 4.79 Å². The Morgan fingerprint density at radius 3 is 1.86 bits per heavy atom. The lowest BCUT2D eigenvalue weighted by Crippen LogP contribution is -2.52. The van der Waals surface area contributed by atoms with Crippen LogP contribution in [0.4, 0.5) is 0 Å². The van der Waals surface area contributed by atoms with Crippen LogP contribution in [0.15, 0.2) is 0 Å². The van der Waals surface area contributed by atoms with E-state index in [2.05, 4.69) is 0 Å². The maximum absolute atomic E-state index is 11.6. The highest BCUT2D eigenvalue weighted by atomic mass is 16.6. The zero-order chi connectivity index (χ0) is 17.0. The van der Waals surface area contributed by atoms with Gasteiger partial charge >= 0.3 is 5.97 Å². The first-order valence-corrected chi connectivity index (χ1v) is 6.20. The van der Waals surface area contributed by atoms with Crippen molar-refractivity contribution in [1.29, 1.82) is 0 Å². The van der Waals surface area contributed by atoms with Crippen LogP contribution >= 0.6 is 0 Å². The molecule has 0 aromatic heterocycles. The van der Waals surface area contributed by atoms with Gasteiger partial charge in [-0.05, 0) is 20.8 Å². The molecule has 0 radical (unpaired) electrons. The zero-order valence-electron chi connectivity index (χ0n) is 12.0. The second kappa shape index (κ2) is 7.78. The molecule has 124 valence electrons. The van der Waals surface area contributed by atoms with Crippen LogP contribution in [0.25, 0.3) is 0 Å². The summed E-state index contributed by atoms with van der Waals surface area (Å²) in [6.45, 7) is 3.56. The highest BCUT2D eigenvalue weighted by Crippen LogP contribution is 2.12. The van der Waals surface area contributed by atoms with Gasteiger partial charge in [0.05, 0.1) is 6.61 Å². The van der Waals surface area contributed by atoms with Crippen molar-refractivity contribution in [3.63, 3.8) is 0 Å². The molecule has 0 aromatic carbocycles. The molecule has 0 rings (SSSR count). The molecule has 21 heavy (non-hydrogen) atoms. The van der Waals surface area contributed by atoms with Crippen LogP contribution in [0.1, 0.15) is 20.8 Å². The Bertz CT molecular complexity index is 362. The molecule has 0 spiro atoms. The summed E-state index contributed by atoms with van der Waals surface area (Å²) in [5, 5.41) is 55.4. The van der Waals surface area contributed by atoms with E-state index in [-0.39, 0.29) is 0 Å². The second-order valence-electron chi connectivity index (χ2n) is 5.51. The van der Waals surface area contributed by atoms with E-state index >= 15 is 0 Å². The van der Waals surface area contributed by atoms with Crippen molar-refractivity contribution in [2.75, 3.05) is 6.61 Å². The third kappa shape index (κ3) is 6.04. The van der Waals surface area contributed by atoms with E-state index in [1.807, 2.05) is 0 Å². The second-order valence-corrected chi connectivity index (χ2v) is 5.51. The maximum Gasteiger partial charge on any atom is 0.343 e. The predicted octanol–water partition coefficient (Wildman–Crippen LogP) is -3.31. The van der Waals surface area contributed by atoms with E-state index in [0.717, 1.165) is 0 Å². The van der Waals surface area contributed by atoms with E-state index in [1.54, 1.807) is 0 Å². The van der Waals surface area contributed by atoms with Gasteiger partial charge in [0.2, 0.25) is 11.9 Å². The Labute approximate surface area is 121 Å². The van der Waals surface area contributed by atoms with Crippen molar-refractivity contribution in [2.45, 2.75) is 56.9 Å². The van der Waals surface area contributed by atoms with E-state index in [9.17, 15) is 30.0 Å². The Morgan fingerprint density at radius 1 is 1.00 bits per heavy atom. The van der Waals surface area contributed by atoms with Gasteiger partial charge in [0.25, 0.3) is 0 Å². The van der Waals surface area contributed by atoms with Gasteiger partial charge in [-0.15, -0.1) is 0 Å². The third-order valence-electron chi connectivity index (χ3n) is 2.45. The molecule has 0 amide bonds. The zero-order valence-corrected chi connectivity index (χ0v) is 12.0. The first kappa shape index (κ1) is 19.9. The molecule has 6 N–H and O–H groups in total. The van der Waals surface area contributed by atoms with Crippen LogP contribution in [0, 0.1) is 0 Å². The van der Waals surface area contributed by atoms with Crippen molar-refractivity contribution >= 4 is 11.8 Å². The summed E-state index contributed by atoms with van der Waals surface area (Å²) >= 11 is 0. The summed E-state index contributed by atoms with van der Waals surface area (Å²) in [6, 6.07) is 0. The number of hydrogen-bond donors (Lipinski definition) is 6. The van der Waals surface area contributed by atoms with E-state index in [1.165, 1.54) is 20.8 Å². The summed E-state index contributed by atoms with van der Waals surface area (Å²) in [5.74, 6) is -2.82. The number of carbonyl (C=O) groups excluding carboxylic acids is 2. The molecular formula is C12H22O9. The fourth-order valence-corrected chi connectivity index (χ4v) is 1.33.